The zero-order valence-corrected chi connectivity index (χ0v) is 16.1. The van der Waals surface area contributed by atoms with Crippen molar-refractivity contribution in [1.29, 1.82) is 5.26 Å². The summed E-state index contributed by atoms with van der Waals surface area (Å²) in [5.74, 6) is -0.606. The second-order valence-corrected chi connectivity index (χ2v) is 7.45. The molecule has 3 rings (SSSR count). The van der Waals surface area contributed by atoms with Crippen LogP contribution in [0.2, 0.25) is 0 Å². The molecule has 3 atom stereocenters. The van der Waals surface area contributed by atoms with Gasteiger partial charge in [-0.05, 0) is 49.2 Å². The van der Waals surface area contributed by atoms with Crippen LogP contribution in [-0.2, 0) is 4.79 Å². The van der Waals surface area contributed by atoms with E-state index < -0.39 is 5.97 Å². The first-order chi connectivity index (χ1) is 13.4. The fourth-order valence-electron chi connectivity index (χ4n) is 3.99. The molecule has 2 N–H and O–H groups in total. The topological polar surface area (TPSA) is 87.8 Å². The van der Waals surface area contributed by atoms with E-state index in [0.717, 1.165) is 11.1 Å². The average Bonchev–Trinajstić information content (AvgIpc) is 2.66. The number of nitrogens with zero attached hydrogens (tertiary/aromatic N) is 3. The molecule has 1 fully saturated rings. The van der Waals surface area contributed by atoms with Crippen molar-refractivity contribution >= 4 is 5.97 Å². The number of aliphatic carboxylic acids is 1. The van der Waals surface area contributed by atoms with Gasteiger partial charge >= 0.3 is 5.97 Å². The molecule has 146 valence electrons. The predicted molar refractivity (Wildman–Crippen MR) is 106 cm³/mol. The van der Waals surface area contributed by atoms with Crippen LogP contribution in [-0.4, -0.2) is 57.7 Å². The lowest BCUT2D eigenvalue weighted by atomic mass is 9.93. The molecule has 0 radical (unpaired) electrons. The molecule has 2 aromatic carbocycles. The Morgan fingerprint density at radius 1 is 1.14 bits per heavy atom. The third-order valence-corrected chi connectivity index (χ3v) is 5.37. The van der Waals surface area contributed by atoms with Crippen molar-refractivity contribution in [1.82, 2.24) is 9.80 Å². The Bertz CT molecular complexity index is 875. The zero-order valence-electron chi connectivity index (χ0n) is 16.1. The summed E-state index contributed by atoms with van der Waals surface area (Å²) in [4.78, 5) is 15.5. The molecule has 0 unspecified atom stereocenters. The van der Waals surface area contributed by atoms with Gasteiger partial charge in [-0.25, -0.2) is 0 Å². The van der Waals surface area contributed by atoms with Gasteiger partial charge in [-0.1, -0.05) is 24.3 Å². The smallest absolute Gasteiger partial charge is 0.317 e. The molecule has 0 aromatic heterocycles. The van der Waals surface area contributed by atoms with E-state index in [9.17, 15) is 15.0 Å². The number of hydrogen-bond donors (Lipinski definition) is 2. The van der Waals surface area contributed by atoms with Gasteiger partial charge in [0.05, 0.1) is 24.2 Å². The number of carboxylic acids is 1. The Morgan fingerprint density at radius 2 is 1.86 bits per heavy atom. The summed E-state index contributed by atoms with van der Waals surface area (Å²) in [7, 11) is 0. The first-order valence-corrected chi connectivity index (χ1v) is 9.39. The second-order valence-electron chi connectivity index (χ2n) is 7.45. The summed E-state index contributed by atoms with van der Waals surface area (Å²) in [6.45, 7) is 5.53. The number of piperazine rings is 1. The number of phenolic OH excluding ortho intramolecular Hbond substituents is 1. The SMILES string of the molecule is C[C@@H]1CN([C@H](c2ccc(C#N)cc2)c2cccc(O)c2)[C@@H](C)CN1CC(=O)O. The van der Waals surface area contributed by atoms with E-state index in [1.54, 1.807) is 24.3 Å². The number of carbonyl (C=O) groups is 1. The molecule has 1 aliphatic rings. The maximum Gasteiger partial charge on any atom is 0.317 e. The maximum atomic E-state index is 11.2. The predicted octanol–water partition coefficient (Wildman–Crippen LogP) is 2.83. The van der Waals surface area contributed by atoms with E-state index in [1.807, 2.05) is 36.1 Å². The fraction of sp³-hybridized carbons (Fsp3) is 0.364. The second kappa shape index (κ2) is 8.42. The number of carboxylic acid groups (broad SMARTS) is 1. The van der Waals surface area contributed by atoms with Crippen molar-refractivity contribution in [2.24, 2.45) is 0 Å². The minimum Gasteiger partial charge on any atom is -0.508 e. The molecule has 1 aliphatic heterocycles. The van der Waals surface area contributed by atoms with E-state index >= 15 is 0 Å². The number of rotatable bonds is 5. The van der Waals surface area contributed by atoms with Crippen molar-refractivity contribution in [3.05, 3.63) is 65.2 Å². The van der Waals surface area contributed by atoms with Gasteiger partial charge in [0.25, 0.3) is 0 Å². The Kier molecular flexibility index (Phi) is 5.98. The number of nitriles is 1. The van der Waals surface area contributed by atoms with Crippen molar-refractivity contribution in [3.63, 3.8) is 0 Å². The van der Waals surface area contributed by atoms with Crippen LogP contribution in [0.1, 0.15) is 36.6 Å². The summed E-state index contributed by atoms with van der Waals surface area (Å²) in [6.07, 6.45) is 0. The average molecular weight is 379 g/mol. The molecule has 1 heterocycles. The van der Waals surface area contributed by atoms with E-state index in [4.69, 9.17) is 5.26 Å². The lowest BCUT2D eigenvalue weighted by molar-refractivity contribution is -0.140. The summed E-state index contributed by atoms with van der Waals surface area (Å²) in [6, 6.07) is 17.0. The molecular weight excluding hydrogens is 354 g/mol. The normalized spacial score (nSPS) is 21.8. The van der Waals surface area contributed by atoms with Crippen molar-refractivity contribution in [2.75, 3.05) is 19.6 Å². The first-order valence-electron chi connectivity index (χ1n) is 9.39. The van der Waals surface area contributed by atoms with Crippen LogP contribution in [0.5, 0.6) is 5.75 Å². The van der Waals surface area contributed by atoms with Crippen molar-refractivity contribution in [3.8, 4) is 11.8 Å². The monoisotopic (exact) mass is 379 g/mol. The van der Waals surface area contributed by atoms with Gasteiger partial charge in [-0.15, -0.1) is 0 Å². The molecule has 6 nitrogen and oxygen atoms in total. The number of benzene rings is 2. The summed E-state index contributed by atoms with van der Waals surface area (Å²) < 4.78 is 0. The number of hydrogen-bond acceptors (Lipinski definition) is 5. The third-order valence-electron chi connectivity index (χ3n) is 5.37. The molecule has 0 bridgehead atoms. The molecule has 2 aromatic rings. The highest BCUT2D eigenvalue weighted by molar-refractivity contribution is 5.69. The molecule has 0 saturated carbocycles. The molecular formula is C22H25N3O3. The highest BCUT2D eigenvalue weighted by Crippen LogP contribution is 2.34. The summed E-state index contributed by atoms with van der Waals surface area (Å²) in [5, 5.41) is 28.3. The van der Waals surface area contributed by atoms with Crippen LogP contribution in [0.25, 0.3) is 0 Å². The molecule has 28 heavy (non-hydrogen) atoms. The quantitative estimate of drug-likeness (QED) is 0.831. The van der Waals surface area contributed by atoms with Crippen LogP contribution in [0.3, 0.4) is 0 Å². The lowest BCUT2D eigenvalue weighted by Crippen LogP contribution is -2.58. The standard InChI is InChI=1S/C22H25N3O3/c1-15-13-25(16(2)12-24(15)14-21(27)28)22(19-4-3-5-20(26)10-19)18-8-6-17(11-23)7-9-18/h3-10,15-16,22,26H,12-14H2,1-2H3,(H,27,28)/t15-,16+,22-/m1/s1. The molecule has 0 spiro atoms. The highest BCUT2D eigenvalue weighted by Gasteiger charge is 2.35. The van der Waals surface area contributed by atoms with Crippen molar-refractivity contribution in [2.45, 2.75) is 32.0 Å². The van der Waals surface area contributed by atoms with Gasteiger partial charge in [0, 0.05) is 25.2 Å². The Labute approximate surface area is 165 Å². The Balaban J connectivity index is 1.97. The van der Waals surface area contributed by atoms with Crippen LogP contribution in [0.4, 0.5) is 0 Å². The third kappa shape index (κ3) is 4.33. The minimum absolute atomic E-state index is 0.0347. The van der Waals surface area contributed by atoms with Gasteiger partial charge < -0.3 is 10.2 Å². The Morgan fingerprint density at radius 3 is 2.46 bits per heavy atom. The largest absolute Gasteiger partial charge is 0.508 e. The van der Waals surface area contributed by atoms with Gasteiger partial charge in [0.2, 0.25) is 0 Å². The van der Waals surface area contributed by atoms with E-state index in [-0.39, 0.29) is 30.4 Å². The van der Waals surface area contributed by atoms with E-state index in [0.29, 0.717) is 18.7 Å². The van der Waals surface area contributed by atoms with Gasteiger partial charge in [0.1, 0.15) is 5.75 Å². The molecule has 0 amide bonds. The van der Waals surface area contributed by atoms with Gasteiger partial charge in [-0.2, -0.15) is 5.26 Å². The van der Waals surface area contributed by atoms with E-state index in [2.05, 4.69) is 17.9 Å². The van der Waals surface area contributed by atoms with E-state index in [1.165, 1.54) is 0 Å². The van der Waals surface area contributed by atoms with Crippen LogP contribution in [0, 0.1) is 11.3 Å². The Hall–Kier alpha value is -2.88. The first kappa shape index (κ1) is 19.9. The molecule has 6 heteroatoms. The lowest BCUT2D eigenvalue weighted by Gasteiger charge is -2.47. The summed E-state index contributed by atoms with van der Waals surface area (Å²) >= 11 is 0. The van der Waals surface area contributed by atoms with Crippen molar-refractivity contribution < 1.29 is 15.0 Å². The van der Waals surface area contributed by atoms with Crippen LogP contribution < -0.4 is 0 Å². The highest BCUT2D eigenvalue weighted by atomic mass is 16.4. The zero-order chi connectivity index (χ0) is 20.3. The number of aromatic hydroxyl groups is 1. The molecule has 1 saturated heterocycles. The van der Waals surface area contributed by atoms with Crippen LogP contribution >= 0.6 is 0 Å². The minimum atomic E-state index is -0.816. The number of phenols is 1. The fourth-order valence-corrected chi connectivity index (χ4v) is 3.99. The molecule has 0 aliphatic carbocycles. The summed E-state index contributed by atoms with van der Waals surface area (Å²) in [5.41, 5.74) is 2.61. The van der Waals surface area contributed by atoms with Gasteiger partial charge in [-0.3, -0.25) is 14.6 Å². The van der Waals surface area contributed by atoms with Gasteiger partial charge in [0.15, 0.2) is 0 Å². The maximum absolute atomic E-state index is 11.2. The van der Waals surface area contributed by atoms with Crippen LogP contribution in [0.15, 0.2) is 48.5 Å².